The van der Waals surface area contributed by atoms with E-state index in [4.69, 9.17) is 10.5 Å². The molecule has 21 heavy (non-hydrogen) atoms. The molecule has 2 N–H and O–H groups in total. The lowest BCUT2D eigenvalue weighted by atomic mass is 10.1. The van der Waals surface area contributed by atoms with Gasteiger partial charge in [0.05, 0.1) is 12.0 Å². The van der Waals surface area contributed by atoms with Gasteiger partial charge in [-0.2, -0.15) is 4.98 Å². The number of hydrogen-bond acceptors (Lipinski definition) is 6. The van der Waals surface area contributed by atoms with Crippen LogP contribution in [0.3, 0.4) is 0 Å². The molecule has 0 atom stereocenters. The fourth-order valence-corrected chi connectivity index (χ4v) is 3.01. The molecule has 0 aliphatic heterocycles. The van der Waals surface area contributed by atoms with Gasteiger partial charge in [0, 0.05) is 17.3 Å². The Morgan fingerprint density at radius 1 is 1.24 bits per heavy atom. The summed E-state index contributed by atoms with van der Waals surface area (Å²) in [7, 11) is 0. The number of anilines is 1. The number of rotatable bonds is 5. The number of nitrogens with two attached hydrogens (primary N) is 1. The third-order valence-electron chi connectivity index (χ3n) is 3.10. The van der Waals surface area contributed by atoms with E-state index in [0.717, 1.165) is 23.1 Å². The molecule has 0 spiro atoms. The van der Waals surface area contributed by atoms with Gasteiger partial charge in [0.2, 0.25) is 11.8 Å². The van der Waals surface area contributed by atoms with Gasteiger partial charge in [-0.05, 0) is 43.5 Å². The van der Waals surface area contributed by atoms with E-state index in [1.54, 1.807) is 23.7 Å². The highest BCUT2D eigenvalue weighted by molar-refractivity contribution is 7.18. The fourth-order valence-electron chi connectivity index (χ4n) is 2.14. The largest absolute Gasteiger partial charge is 0.477 e. The summed E-state index contributed by atoms with van der Waals surface area (Å²) < 4.78 is 5.80. The van der Waals surface area contributed by atoms with E-state index in [1.165, 1.54) is 10.4 Å². The molecule has 5 nitrogen and oxygen atoms in total. The van der Waals surface area contributed by atoms with Crippen LogP contribution in [0.15, 0.2) is 30.6 Å². The average molecular weight is 300 g/mol. The summed E-state index contributed by atoms with van der Waals surface area (Å²) in [6, 6.07) is 6.07. The van der Waals surface area contributed by atoms with E-state index in [2.05, 4.69) is 15.0 Å². The van der Waals surface area contributed by atoms with Crippen molar-refractivity contribution in [3.8, 4) is 5.88 Å². The average Bonchev–Trinajstić information content (AvgIpc) is 2.84. The van der Waals surface area contributed by atoms with E-state index in [1.807, 2.05) is 25.1 Å². The second-order valence-electron chi connectivity index (χ2n) is 4.77. The second-order valence-corrected chi connectivity index (χ2v) is 6.01. The molecule has 0 fully saturated rings. The summed E-state index contributed by atoms with van der Waals surface area (Å²) in [5.41, 5.74) is 6.98. The fraction of sp³-hybridized carbons (Fsp3) is 0.267. The Kier molecular flexibility index (Phi) is 3.96. The Labute approximate surface area is 126 Å². The van der Waals surface area contributed by atoms with Crippen molar-refractivity contribution in [1.82, 2.24) is 15.0 Å². The normalized spacial score (nSPS) is 10.9. The van der Waals surface area contributed by atoms with Crippen molar-refractivity contribution in [2.24, 2.45) is 0 Å². The lowest BCUT2D eigenvalue weighted by Gasteiger charge is -2.07. The quantitative estimate of drug-likeness (QED) is 0.733. The highest BCUT2D eigenvalue weighted by atomic mass is 32.1. The summed E-state index contributed by atoms with van der Waals surface area (Å²) in [6.45, 7) is 2.64. The van der Waals surface area contributed by atoms with Gasteiger partial charge >= 0.3 is 0 Å². The van der Waals surface area contributed by atoms with Gasteiger partial charge in [0.25, 0.3) is 0 Å². The smallest absolute Gasteiger partial charge is 0.227 e. The molecule has 3 aromatic heterocycles. The molecule has 0 saturated heterocycles. The van der Waals surface area contributed by atoms with Crippen LogP contribution in [0, 0.1) is 6.92 Å². The molecule has 0 radical (unpaired) electrons. The number of thiophene rings is 1. The molecule has 0 bridgehead atoms. The van der Waals surface area contributed by atoms with Crippen LogP contribution in [0.25, 0.3) is 10.2 Å². The lowest BCUT2D eigenvalue weighted by molar-refractivity contribution is 0.303. The highest BCUT2D eigenvalue weighted by Gasteiger charge is 2.10. The topological polar surface area (TPSA) is 73.9 Å². The minimum absolute atomic E-state index is 0.258. The molecule has 0 saturated carbocycles. The van der Waals surface area contributed by atoms with Crippen LogP contribution in [0.2, 0.25) is 0 Å². The van der Waals surface area contributed by atoms with Crippen LogP contribution in [-0.2, 0) is 6.42 Å². The number of aromatic nitrogens is 3. The summed E-state index contributed by atoms with van der Waals surface area (Å²) >= 11 is 1.60. The number of pyridine rings is 1. The van der Waals surface area contributed by atoms with Gasteiger partial charge in [-0.1, -0.05) is 0 Å². The minimum atomic E-state index is 0.258. The van der Waals surface area contributed by atoms with Gasteiger partial charge in [-0.25, -0.2) is 4.98 Å². The predicted molar refractivity (Wildman–Crippen MR) is 84.6 cm³/mol. The van der Waals surface area contributed by atoms with E-state index < -0.39 is 0 Å². The van der Waals surface area contributed by atoms with Gasteiger partial charge in [0.15, 0.2) is 0 Å². The number of ether oxygens (including phenoxy) is 1. The molecule has 3 rings (SSSR count). The van der Waals surface area contributed by atoms with Crippen molar-refractivity contribution in [3.05, 3.63) is 41.0 Å². The van der Waals surface area contributed by atoms with E-state index in [0.29, 0.717) is 12.5 Å². The first-order valence-electron chi connectivity index (χ1n) is 6.78. The molecule has 3 aromatic rings. The summed E-state index contributed by atoms with van der Waals surface area (Å²) in [5.74, 6) is 0.838. The van der Waals surface area contributed by atoms with Crippen LogP contribution in [0.4, 0.5) is 5.95 Å². The Hall–Kier alpha value is -2.21. The van der Waals surface area contributed by atoms with Crippen LogP contribution >= 0.6 is 11.3 Å². The maximum Gasteiger partial charge on any atom is 0.227 e. The third kappa shape index (κ3) is 3.28. The molecule has 0 aromatic carbocycles. The Balaban J connectivity index is 1.65. The van der Waals surface area contributed by atoms with Crippen LogP contribution in [-0.4, -0.2) is 21.6 Å². The van der Waals surface area contributed by atoms with Crippen molar-refractivity contribution >= 4 is 27.5 Å². The number of nitrogen functional groups attached to an aromatic ring is 1. The molecule has 0 aliphatic rings. The standard InChI is InChI=1S/C15H16N4OS/c1-10-9-12-13(18-15(16)19-14(12)21-10)20-8-2-3-11-4-6-17-7-5-11/h4-7,9H,2-3,8H2,1H3,(H2,16,18,19). The van der Waals surface area contributed by atoms with Crippen LogP contribution < -0.4 is 10.5 Å². The third-order valence-corrected chi connectivity index (χ3v) is 4.04. The first-order valence-corrected chi connectivity index (χ1v) is 7.59. The SMILES string of the molecule is Cc1cc2c(OCCCc3ccncc3)nc(N)nc2s1. The number of fused-ring (bicyclic) bond motifs is 1. The molecular formula is C15H16N4OS. The zero-order valence-electron chi connectivity index (χ0n) is 11.7. The predicted octanol–water partition coefficient (Wildman–Crippen LogP) is 2.99. The van der Waals surface area contributed by atoms with Crippen molar-refractivity contribution in [2.75, 3.05) is 12.3 Å². The molecule has 6 heteroatoms. The van der Waals surface area contributed by atoms with E-state index >= 15 is 0 Å². The number of hydrogen-bond donors (Lipinski definition) is 1. The van der Waals surface area contributed by atoms with Crippen molar-refractivity contribution in [2.45, 2.75) is 19.8 Å². The zero-order valence-corrected chi connectivity index (χ0v) is 12.6. The van der Waals surface area contributed by atoms with Gasteiger partial charge in [-0.15, -0.1) is 11.3 Å². The summed E-state index contributed by atoms with van der Waals surface area (Å²) in [4.78, 5) is 14.5. The number of nitrogens with zero attached hydrogens (tertiary/aromatic N) is 3. The van der Waals surface area contributed by atoms with Crippen LogP contribution in [0.1, 0.15) is 16.9 Å². The maximum absolute atomic E-state index is 5.80. The monoisotopic (exact) mass is 300 g/mol. The van der Waals surface area contributed by atoms with Crippen molar-refractivity contribution < 1.29 is 4.74 Å². The van der Waals surface area contributed by atoms with Crippen LogP contribution in [0.5, 0.6) is 5.88 Å². The first kappa shape index (κ1) is 13.8. The summed E-state index contributed by atoms with van der Waals surface area (Å²) in [5, 5.41) is 0.940. The van der Waals surface area contributed by atoms with Gasteiger partial charge in [0.1, 0.15) is 4.83 Å². The number of aryl methyl sites for hydroxylation is 2. The Morgan fingerprint density at radius 2 is 2.05 bits per heavy atom. The van der Waals surface area contributed by atoms with Crippen molar-refractivity contribution in [1.29, 1.82) is 0 Å². The molecule has 0 amide bonds. The maximum atomic E-state index is 5.80. The zero-order chi connectivity index (χ0) is 14.7. The van der Waals surface area contributed by atoms with Crippen molar-refractivity contribution in [3.63, 3.8) is 0 Å². The second kappa shape index (κ2) is 6.05. The van der Waals surface area contributed by atoms with Gasteiger partial charge in [-0.3, -0.25) is 4.98 Å². The molecule has 0 unspecified atom stereocenters. The summed E-state index contributed by atoms with van der Waals surface area (Å²) in [6.07, 6.45) is 5.48. The molecule has 3 heterocycles. The van der Waals surface area contributed by atoms with E-state index in [-0.39, 0.29) is 5.95 Å². The lowest BCUT2D eigenvalue weighted by Crippen LogP contribution is -2.03. The Bertz CT molecular complexity index is 742. The Morgan fingerprint density at radius 3 is 2.86 bits per heavy atom. The highest BCUT2D eigenvalue weighted by Crippen LogP contribution is 2.30. The molecule has 0 aliphatic carbocycles. The van der Waals surface area contributed by atoms with E-state index in [9.17, 15) is 0 Å². The van der Waals surface area contributed by atoms with Gasteiger partial charge < -0.3 is 10.5 Å². The minimum Gasteiger partial charge on any atom is -0.477 e. The molecular weight excluding hydrogens is 284 g/mol. The molecule has 108 valence electrons. The first-order chi connectivity index (χ1) is 10.2.